The smallest absolute Gasteiger partial charge is 0.255 e. The van der Waals surface area contributed by atoms with Crippen LogP contribution < -0.4 is 20.3 Å². The van der Waals surface area contributed by atoms with Crippen molar-refractivity contribution in [1.82, 2.24) is 5.32 Å². The number of carbonyl (C=O) groups is 1. The Balaban J connectivity index is 1.54. The van der Waals surface area contributed by atoms with E-state index >= 15 is 0 Å². The Kier molecular flexibility index (Phi) is 6.93. The van der Waals surface area contributed by atoms with E-state index in [0.29, 0.717) is 24.1 Å². The van der Waals surface area contributed by atoms with Gasteiger partial charge >= 0.3 is 0 Å². The highest BCUT2D eigenvalue weighted by molar-refractivity contribution is 6.04. The van der Waals surface area contributed by atoms with Crippen molar-refractivity contribution in [3.05, 3.63) is 54.1 Å². The maximum atomic E-state index is 12.5. The first-order valence-corrected chi connectivity index (χ1v) is 10.2. The molecule has 1 saturated heterocycles. The summed E-state index contributed by atoms with van der Waals surface area (Å²) in [6.07, 6.45) is 1.17. The number of hydrogen-bond acceptors (Lipinski definition) is 4. The van der Waals surface area contributed by atoms with Crippen molar-refractivity contribution < 1.29 is 9.53 Å². The summed E-state index contributed by atoms with van der Waals surface area (Å²) < 4.78 is 5.66. The molecule has 2 aromatic rings. The second-order valence-corrected chi connectivity index (χ2v) is 7.72. The molecule has 0 aliphatic carbocycles. The molecule has 1 unspecified atom stereocenters. The van der Waals surface area contributed by atoms with Gasteiger partial charge in [0.05, 0.1) is 6.61 Å². The zero-order valence-corrected chi connectivity index (χ0v) is 17.1. The van der Waals surface area contributed by atoms with Crippen molar-refractivity contribution in [2.45, 2.75) is 33.2 Å². The van der Waals surface area contributed by atoms with Crippen LogP contribution in [0.4, 0.5) is 11.4 Å². The van der Waals surface area contributed by atoms with E-state index in [-0.39, 0.29) is 5.91 Å². The third kappa shape index (κ3) is 5.49. The number of nitrogens with one attached hydrogen (secondary N) is 2. The molecule has 2 aromatic carbocycles. The molecule has 1 fully saturated rings. The first-order valence-electron chi connectivity index (χ1n) is 10.2. The van der Waals surface area contributed by atoms with E-state index in [4.69, 9.17) is 4.74 Å². The minimum atomic E-state index is -0.114. The summed E-state index contributed by atoms with van der Waals surface area (Å²) in [5.41, 5.74) is 2.62. The first kappa shape index (κ1) is 20.2. The Morgan fingerprint density at radius 1 is 1.14 bits per heavy atom. The molecular weight excluding hydrogens is 350 g/mol. The SMILES string of the molecule is CCNC1CCN(c2ccc(NC(=O)c3ccc(OCC(C)C)cc3)cc2)C1. The fourth-order valence-corrected chi connectivity index (χ4v) is 3.37. The number of amides is 1. The summed E-state index contributed by atoms with van der Waals surface area (Å²) in [5, 5.41) is 6.47. The summed E-state index contributed by atoms with van der Waals surface area (Å²) in [5.74, 6) is 1.15. The van der Waals surface area contributed by atoms with Crippen LogP contribution in [0.25, 0.3) is 0 Å². The molecule has 5 heteroatoms. The largest absolute Gasteiger partial charge is 0.493 e. The van der Waals surface area contributed by atoms with Gasteiger partial charge in [0.25, 0.3) is 5.91 Å². The van der Waals surface area contributed by atoms with Gasteiger partial charge in [0.1, 0.15) is 5.75 Å². The van der Waals surface area contributed by atoms with E-state index in [1.807, 2.05) is 24.3 Å². The molecular formula is C23H31N3O2. The quantitative estimate of drug-likeness (QED) is 0.721. The molecule has 1 heterocycles. The van der Waals surface area contributed by atoms with Crippen LogP contribution in [0.3, 0.4) is 0 Å². The molecule has 1 atom stereocenters. The summed E-state index contributed by atoms with van der Waals surface area (Å²) in [4.78, 5) is 14.9. The van der Waals surface area contributed by atoms with Crippen molar-refractivity contribution in [2.24, 2.45) is 5.92 Å². The molecule has 0 saturated carbocycles. The predicted molar refractivity (Wildman–Crippen MR) is 115 cm³/mol. The molecule has 2 N–H and O–H groups in total. The minimum Gasteiger partial charge on any atom is -0.493 e. The fraction of sp³-hybridized carbons (Fsp3) is 0.435. The highest BCUT2D eigenvalue weighted by Crippen LogP contribution is 2.23. The molecule has 1 amide bonds. The normalized spacial score (nSPS) is 16.4. The molecule has 1 aliphatic heterocycles. The zero-order valence-electron chi connectivity index (χ0n) is 17.1. The van der Waals surface area contributed by atoms with Crippen LogP contribution in [0, 0.1) is 5.92 Å². The topological polar surface area (TPSA) is 53.6 Å². The van der Waals surface area contributed by atoms with Crippen molar-refractivity contribution in [3.8, 4) is 5.75 Å². The van der Waals surface area contributed by atoms with Crippen molar-refractivity contribution in [2.75, 3.05) is 36.5 Å². The Morgan fingerprint density at radius 2 is 1.86 bits per heavy atom. The first-order chi connectivity index (χ1) is 13.5. The molecule has 0 aromatic heterocycles. The van der Waals surface area contributed by atoms with Crippen LogP contribution in [0.2, 0.25) is 0 Å². The number of carbonyl (C=O) groups excluding carboxylic acids is 1. The molecule has 150 valence electrons. The molecule has 5 nitrogen and oxygen atoms in total. The Hall–Kier alpha value is -2.53. The average molecular weight is 382 g/mol. The second kappa shape index (κ2) is 9.60. The Morgan fingerprint density at radius 3 is 2.50 bits per heavy atom. The zero-order chi connectivity index (χ0) is 19.9. The van der Waals surface area contributed by atoms with Crippen LogP contribution >= 0.6 is 0 Å². The van der Waals surface area contributed by atoms with Gasteiger partial charge < -0.3 is 20.3 Å². The van der Waals surface area contributed by atoms with E-state index in [2.05, 4.69) is 48.4 Å². The molecule has 0 spiro atoms. The van der Waals surface area contributed by atoms with Gasteiger partial charge in [-0.2, -0.15) is 0 Å². The second-order valence-electron chi connectivity index (χ2n) is 7.72. The number of ether oxygens (including phenoxy) is 1. The fourth-order valence-electron chi connectivity index (χ4n) is 3.37. The predicted octanol–water partition coefficient (Wildman–Crippen LogP) is 4.16. The van der Waals surface area contributed by atoms with E-state index < -0.39 is 0 Å². The van der Waals surface area contributed by atoms with Gasteiger partial charge in [-0.15, -0.1) is 0 Å². The van der Waals surface area contributed by atoms with Crippen LogP contribution in [-0.2, 0) is 0 Å². The highest BCUT2D eigenvalue weighted by Gasteiger charge is 2.21. The molecule has 3 rings (SSSR count). The standard InChI is InChI=1S/C23H31N3O2/c1-4-24-20-13-14-26(15-20)21-9-7-19(8-10-21)25-23(27)18-5-11-22(12-6-18)28-16-17(2)3/h5-12,17,20,24H,4,13-16H2,1-3H3,(H,25,27). The number of rotatable bonds is 8. The summed E-state index contributed by atoms with van der Waals surface area (Å²) in [7, 11) is 0. The van der Waals surface area contributed by atoms with Crippen molar-refractivity contribution in [1.29, 1.82) is 0 Å². The van der Waals surface area contributed by atoms with E-state index in [1.54, 1.807) is 12.1 Å². The third-order valence-electron chi connectivity index (χ3n) is 4.87. The lowest BCUT2D eigenvalue weighted by Crippen LogP contribution is -2.32. The summed E-state index contributed by atoms with van der Waals surface area (Å²) in [6.45, 7) is 10.1. The minimum absolute atomic E-state index is 0.114. The van der Waals surface area contributed by atoms with Gasteiger partial charge in [0.15, 0.2) is 0 Å². The average Bonchev–Trinajstić information content (AvgIpc) is 3.16. The summed E-state index contributed by atoms with van der Waals surface area (Å²) in [6, 6.07) is 15.9. The molecule has 1 aliphatic rings. The maximum absolute atomic E-state index is 12.5. The van der Waals surface area contributed by atoms with Crippen molar-refractivity contribution in [3.63, 3.8) is 0 Å². The van der Waals surface area contributed by atoms with Crippen molar-refractivity contribution >= 4 is 17.3 Å². The summed E-state index contributed by atoms with van der Waals surface area (Å²) >= 11 is 0. The van der Waals surface area contributed by atoms with Crippen LogP contribution in [0.15, 0.2) is 48.5 Å². The maximum Gasteiger partial charge on any atom is 0.255 e. The third-order valence-corrected chi connectivity index (χ3v) is 4.87. The highest BCUT2D eigenvalue weighted by atomic mass is 16.5. The van der Waals surface area contributed by atoms with Crippen LogP contribution in [0.1, 0.15) is 37.6 Å². The molecule has 0 bridgehead atoms. The van der Waals surface area contributed by atoms with Gasteiger partial charge in [-0.05, 0) is 67.4 Å². The van der Waals surface area contributed by atoms with Crippen LogP contribution in [0.5, 0.6) is 5.75 Å². The number of likely N-dealkylation sites (N-methyl/N-ethyl adjacent to an activating group) is 1. The van der Waals surface area contributed by atoms with Gasteiger partial charge in [-0.25, -0.2) is 0 Å². The lowest BCUT2D eigenvalue weighted by Gasteiger charge is -2.19. The Labute approximate surface area is 168 Å². The lowest BCUT2D eigenvalue weighted by molar-refractivity contribution is 0.102. The number of hydrogen-bond donors (Lipinski definition) is 2. The van der Waals surface area contributed by atoms with Gasteiger partial charge in [0.2, 0.25) is 0 Å². The van der Waals surface area contributed by atoms with E-state index in [1.165, 1.54) is 12.1 Å². The van der Waals surface area contributed by atoms with E-state index in [9.17, 15) is 4.79 Å². The van der Waals surface area contributed by atoms with Gasteiger partial charge in [-0.1, -0.05) is 20.8 Å². The van der Waals surface area contributed by atoms with Crippen LogP contribution in [-0.4, -0.2) is 38.2 Å². The van der Waals surface area contributed by atoms with Gasteiger partial charge in [0, 0.05) is 36.1 Å². The monoisotopic (exact) mass is 381 g/mol. The molecule has 0 radical (unpaired) electrons. The number of benzene rings is 2. The molecule has 28 heavy (non-hydrogen) atoms. The Bertz CT molecular complexity index is 756. The van der Waals surface area contributed by atoms with Gasteiger partial charge in [-0.3, -0.25) is 4.79 Å². The number of nitrogens with zero attached hydrogens (tertiary/aromatic N) is 1. The lowest BCUT2D eigenvalue weighted by atomic mass is 10.2. The number of anilines is 2. The van der Waals surface area contributed by atoms with E-state index in [0.717, 1.165) is 31.1 Å².